The molecule has 3 N–H and O–H groups in total. The van der Waals surface area contributed by atoms with Crippen molar-refractivity contribution in [3.63, 3.8) is 0 Å². The van der Waals surface area contributed by atoms with Gasteiger partial charge in [0.25, 0.3) is 5.91 Å². The van der Waals surface area contributed by atoms with Crippen LogP contribution in [-0.2, 0) is 0 Å². The zero-order valence-corrected chi connectivity index (χ0v) is 13.9. The Bertz CT molecular complexity index is 416. The van der Waals surface area contributed by atoms with Crippen LogP contribution < -0.4 is 11.1 Å². The molecule has 0 aliphatic carbocycles. The van der Waals surface area contributed by atoms with Crippen molar-refractivity contribution >= 4 is 45.8 Å². The second-order valence-corrected chi connectivity index (χ2v) is 5.46. The van der Waals surface area contributed by atoms with Gasteiger partial charge in [0.15, 0.2) is 0 Å². The molecule has 0 aliphatic rings. The van der Waals surface area contributed by atoms with Crippen molar-refractivity contribution in [2.45, 2.75) is 32.2 Å². The Balaban J connectivity index is 0.00000324. The van der Waals surface area contributed by atoms with Crippen molar-refractivity contribution < 1.29 is 4.79 Å². The Morgan fingerprint density at radius 3 is 2.79 bits per heavy atom. The molecule has 3 nitrogen and oxygen atoms in total. The van der Waals surface area contributed by atoms with Crippen LogP contribution in [0.25, 0.3) is 0 Å². The van der Waals surface area contributed by atoms with E-state index in [1.807, 2.05) is 0 Å². The van der Waals surface area contributed by atoms with Gasteiger partial charge in [-0.15, -0.1) is 12.4 Å². The highest BCUT2D eigenvalue weighted by atomic mass is 79.9. The van der Waals surface area contributed by atoms with Gasteiger partial charge < -0.3 is 11.1 Å². The molecule has 1 unspecified atom stereocenters. The summed E-state index contributed by atoms with van der Waals surface area (Å²) in [4.78, 5) is 12.1. The Kier molecular flexibility index (Phi) is 9.44. The number of halogens is 3. The van der Waals surface area contributed by atoms with E-state index in [9.17, 15) is 4.79 Å². The maximum Gasteiger partial charge on any atom is 0.252 e. The Labute approximate surface area is 133 Å². The molecule has 6 heteroatoms. The Morgan fingerprint density at radius 1 is 1.53 bits per heavy atom. The normalized spacial score (nSPS) is 11.6. The van der Waals surface area contributed by atoms with E-state index in [1.165, 1.54) is 0 Å². The number of nitrogens with one attached hydrogen (secondary N) is 1. The van der Waals surface area contributed by atoms with Gasteiger partial charge in [-0.25, -0.2) is 0 Å². The topological polar surface area (TPSA) is 55.1 Å². The van der Waals surface area contributed by atoms with Crippen molar-refractivity contribution in [2.24, 2.45) is 5.73 Å². The second kappa shape index (κ2) is 9.59. The number of hydrogen-bond acceptors (Lipinski definition) is 2. The van der Waals surface area contributed by atoms with Gasteiger partial charge in [-0.05, 0) is 40.5 Å². The first kappa shape index (κ1) is 18.7. The molecular formula is C13H19BrCl2N2O. The molecule has 1 amide bonds. The fourth-order valence-corrected chi connectivity index (χ4v) is 2.23. The summed E-state index contributed by atoms with van der Waals surface area (Å²) in [6, 6.07) is 5.16. The van der Waals surface area contributed by atoms with Gasteiger partial charge in [-0.1, -0.05) is 31.4 Å². The third-order valence-corrected chi connectivity index (χ3v) is 3.63. The minimum atomic E-state index is -0.143. The summed E-state index contributed by atoms with van der Waals surface area (Å²) in [5.74, 6) is -0.143. The summed E-state index contributed by atoms with van der Waals surface area (Å²) in [6.45, 7) is 2.56. The summed E-state index contributed by atoms with van der Waals surface area (Å²) in [5.41, 5.74) is 6.19. The summed E-state index contributed by atoms with van der Waals surface area (Å²) in [6.07, 6.45) is 3.04. The van der Waals surface area contributed by atoms with Gasteiger partial charge in [-0.2, -0.15) is 0 Å². The number of unbranched alkanes of at least 4 members (excludes halogenated alkanes) is 1. The Hall–Kier alpha value is -0.290. The van der Waals surface area contributed by atoms with E-state index >= 15 is 0 Å². The average molecular weight is 370 g/mol. The van der Waals surface area contributed by atoms with Crippen LogP contribution in [0.1, 0.15) is 36.5 Å². The smallest absolute Gasteiger partial charge is 0.252 e. The third kappa shape index (κ3) is 6.13. The first-order valence-corrected chi connectivity index (χ1v) is 7.21. The van der Waals surface area contributed by atoms with Gasteiger partial charge in [0.05, 0.1) is 5.56 Å². The number of nitrogens with two attached hydrogens (primary N) is 1. The van der Waals surface area contributed by atoms with Crippen LogP contribution in [0.2, 0.25) is 5.02 Å². The predicted octanol–water partition coefficient (Wildman–Crippen LogP) is 3.77. The quantitative estimate of drug-likeness (QED) is 0.801. The molecule has 0 aromatic heterocycles. The molecule has 1 aromatic rings. The maximum atomic E-state index is 12.1. The highest BCUT2D eigenvalue weighted by molar-refractivity contribution is 9.10. The van der Waals surface area contributed by atoms with Gasteiger partial charge in [0, 0.05) is 22.1 Å². The highest BCUT2D eigenvalue weighted by Gasteiger charge is 2.14. The van der Waals surface area contributed by atoms with E-state index in [0.717, 1.165) is 23.7 Å². The van der Waals surface area contributed by atoms with Gasteiger partial charge in [-0.3, -0.25) is 4.79 Å². The highest BCUT2D eigenvalue weighted by Crippen LogP contribution is 2.21. The lowest BCUT2D eigenvalue weighted by molar-refractivity contribution is 0.0935. The van der Waals surface area contributed by atoms with Crippen molar-refractivity contribution in [1.82, 2.24) is 5.32 Å². The fourth-order valence-electron chi connectivity index (χ4n) is 1.63. The van der Waals surface area contributed by atoms with Crippen LogP contribution in [0.15, 0.2) is 22.7 Å². The average Bonchev–Trinajstić information content (AvgIpc) is 2.37. The first-order chi connectivity index (χ1) is 8.58. The minimum absolute atomic E-state index is 0. The molecule has 0 bridgehead atoms. The molecule has 0 radical (unpaired) electrons. The monoisotopic (exact) mass is 368 g/mol. The molecule has 1 rings (SSSR count). The van der Waals surface area contributed by atoms with Crippen LogP contribution in [0.5, 0.6) is 0 Å². The summed E-state index contributed by atoms with van der Waals surface area (Å²) >= 11 is 9.23. The molecule has 1 atom stereocenters. The van der Waals surface area contributed by atoms with Crippen molar-refractivity contribution in [2.75, 3.05) is 6.54 Å². The molecule has 0 fully saturated rings. The molecule has 19 heavy (non-hydrogen) atoms. The number of rotatable bonds is 6. The van der Waals surface area contributed by atoms with Crippen molar-refractivity contribution in [3.05, 3.63) is 33.3 Å². The number of carbonyl (C=O) groups excluding carboxylic acids is 1. The second-order valence-electron chi connectivity index (χ2n) is 4.17. The van der Waals surface area contributed by atoms with E-state index in [2.05, 4.69) is 28.2 Å². The van der Waals surface area contributed by atoms with Crippen molar-refractivity contribution in [3.8, 4) is 0 Å². The van der Waals surface area contributed by atoms with E-state index in [0.29, 0.717) is 17.1 Å². The van der Waals surface area contributed by atoms with E-state index in [4.69, 9.17) is 17.3 Å². The van der Waals surface area contributed by atoms with Gasteiger partial charge in [0.2, 0.25) is 0 Å². The van der Waals surface area contributed by atoms with Gasteiger partial charge >= 0.3 is 0 Å². The lowest BCUT2D eigenvalue weighted by Gasteiger charge is -2.17. The van der Waals surface area contributed by atoms with E-state index in [1.54, 1.807) is 18.2 Å². The lowest BCUT2D eigenvalue weighted by Crippen LogP contribution is -2.40. The van der Waals surface area contributed by atoms with Crippen LogP contribution in [0, 0.1) is 0 Å². The van der Waals surface area contributed by atoms with E-state index in [-0.39, 0.29) is 24.4 Å². The molecule has 0 saturated carbocycles. The summed E-state index contributed by atoms with van der Waals surface area (Å²) < 4.78 is 0.732. The third-order valence-electron chi connectivity index (χ3n) is 2.70. The van der Waals surface area contributed by atoms with Crippen LogP contribution >= 0.6 is 39.9 Å². The van der Waals surface area contributed by atoms with E-state index < -0.39 is 0 Å². The molecule has 108 valence electrons. The molecule has 0 saturated heterocycles. The van der Waals surface area contributed by atoms with Gasteiger partial charge in [0.1, 0.15) is 0 Å². The number of hydrogen-bond donors (Lipinski definition) is 2. The molecule has 0 spiro atoms. The Morgan fingerprint density at radius 2 is 2.21 bits per heavy atom. The SMILES string of the molecule is CCCCC(CN)NC(=O)c1cc(Cl)ccc1Br.Cl. The molecule has 1 aromatic carbocycles. The predicted molar refractivity (Wildman–Crippen MR) is 86.2 cm³/mol. The molecule has 0 aliphatic heterocycles. The van der Waals surface area contributed by atoms with Crippen LogP contribution in [0.3, 0.4) is 0 Å². The first-order valence-electron chi connectivity index (χ1n) is 6.04. The molecular weight excluding hydrogens is 351 g/mol. The summed E-state index contributed by atoms with van der Waals surface area (Å²) in [5, 5.41) is 3.48. The number of amides is 1. The van der Waals surface area contributed by atoms with Crippen LogP contribution in [-0.4, -0.2) is 18.5 Å². The lowest BCUT2D eigenvalue weighted by atomic mass is 10.1. The maximum absolute atomic E-state index is 12.1. The largest absolute Gasteiger partial charge is 0.348 e. The zero-order valence-electron chi connectivity index (χ0n) is 10.8. The minimum Gasteiger partial charge on any atom is -0.348 e. The fraction of sp³-hybridized carbons (Fsp3) is 0.462. The standard InChI is InChI=1S/C13H18BrClN2O.ClH/c1-2-3-4-10(8-16)17-13(18)11-7-9(15)5-6-12(11)14;/h5-7,10H,2-4,8,16H2,1H3,(H,17,18);1H. The summed E-state index contributed by atoms with van der Waals surface area (Å²) in [7, 11) is 0. The molecule has 0 heterocycles. The number of carbonyl (C=O) groups is 1. The number of benzene rings is 1. The van der Waals surface area contributed by atoms with Crippen molar-refractivity contribution in [1.29, 1.82) is 0 Å². The van der Waals surface area contributed by atoms with Crippen LogP contribution in [0.4, 0.5) is 0 Å². The zero-order chi connectivity index (χ0) is 13.5.